The van der Waals surface area contributed by atoms with Gasteiger partial charge in [-0.2, -0.15) is 0 Å². The number of rotatable bonds is 3. The number of nitrogens with one attached hydrogen (secondary N) is 1. The number of ether oxygens (including phenoxy) is 2. The summed E-state index contributed by atoms with van der Waals surface area (Å²) in [6.45, 7) is 0. The van der Waals surface area contributed by atoms with Crippen LogP contribution in [0.25, 0.3) is 0 Å². The summed E-state index contributed by atoms with van der Waals surface area (Å²) in [5.74, 6) is -0.559. The Morgan fingerprint density at radius 3 is 2.53 bits per heavy atom. The summed E-state index contributed by atoms with van der Waals surface area (Å²) in [6.07, 6.45) is -1.36. The third-order valence-corrected chi connectivity index (χ3v) is 1.71. The van der Waals surface area contributed by atoms with Crippen LogP contribution in [0.15, 0.2) is 12.1 Å². The van der Waals surface area contributed by atoms with E-state index in [2.05, 4.69) is 0 Å². The van der Waals surface area contributed by atoms with Crippen molar-refractivity contribution in [2.24, 2.45) is 0 Å². The Morgan fingerprint density at radius 1 is 1.40 bits per heavy atom. The molecule has 1 amide bonds. The fraction of sp³-hybridized carbons (Fsp3) is 0.222. The number of hydrogen-bond acceptors (Lipinski definition) is 3. The minimum absolute atomic E-state index is 0.0851. The maximum Gasteiger partial charge on any atom is 0.409 e. The van der Waals surface area contributed by atoms with E-state index in [0.29, 0.717) is 5.75 Å². The van der Waals surface area contributed by atoms with Crippen molar-refractivity contribution in [3.63, 3.8) is 0 Å². The summed E-state index contributed by atoms with van der Waals surface area (Å²) in [7, 11) is 2.67. The molecular weight excluding hydrogens is 205 g/mol. The second kappa shape index (κ2) is 4.50. The van der Waals surface area contributed by atoms with Crippen LogP contribution in [0, 0.1) is 5.82 Å². The Morgan fingerprint density at radius 2 is 2.07 bits per heavy atom. The summed E-state index contributed by atoms with van der Waals surface area (Å²) in [5, 5.41) is 10.4. The molecule has 0 aliphatic heterocycles. The maximum absolute atomic E-state index is 13.4. The summed E-state index contributed by atoms with van der Waals surface area (Å²) in [4.78, 5) is 10.4. The highest BCUT2D eigenvalue weighted by molar-refractivity contribution is 5.83. The van der Waals surface area contributed by atoms with E-state index in [1.54, 1.807) is 0 Å². The molecule has 15 heavy (non-hydrogen) atoms. The highest BCUT2D eigenvalue weighted by Gasteiger charge is 2.13. The molecule has 0 aliphatic rings. The van der Waals surface area contributed by atoms with Crippen LogP contribution in [0.2, 0.25) is 0 Å². The number of benzene rings is 1. The molecule has 0 bridgehead atoms. The monoisotopic (exact) mass is 215 g/mol. The van der Waals surface area contributed by atoms with Crippen molar-refractivity contribution >= 4 is 11.8 Å². The normalized spacial score (nSPS) is 9.53. The zero-order valence-electron chi connectivity index (χ0n) is 8.20. The fourth-order valence-electron chi connectivity index (χ4n) is 1.05. The third kappa shape index (κ3) is 2.49. The first-order valence-electron chi connectivity index (χ1n) is 4.00. The molecule has 1 rings (SSSR count). The van der Waals surface area contributed by atoms with Gasteiger partial charge in [0.1, 0.15) is 5.75 Å². The first kappa shape index (κ1) is 11.1. The molecule has 0 radical (unpaired) electrons. The van der Waals surface area contributed by atoms with Gasteiger partial charge in [0.15, 0.2) is 11.6 Å². The molecule has 1 aromatic rings. The van der Waals surface area contributed by atoms with Crippen LogP contribution in [0.3, 0.4) is 0 Å². The number of carbonyl (C=O) groups is 1. The number of anilines is 1. The molecule has 0 aromatic heterocycles. The topological polar surface area (TPSA) is 67.8 Å². The van der Waals surface area contributed by atoms with Gasteiger partial charge >= 0.3 is 6.09 Å². The second-order valence-corrected chi connectivity index (χ2v) is 2.62. The van der Waals surface area contributed by atoms with Crippen molar-refractivity contribution in [1.29, 1.82) is 0 Å². The fourth-order valence-corrected chi connectivity index (χ4v) is 1.05. The van der Waals surface area contributed by atoms with Crippen LogP contribution in [0.5, 0.6) is 11.5 Å². The van der Waals surface area contributed by atoms with Crippen molar-refractivity contribution in [2.75, 3.05) is 19.5 Å². The highest BCUT2D eigenvalue weighted by atomic mass is 19.1. The molecular formula is C9H10FNO4. The molecule has 0 saturated heterocycles. The molecule has 0 spiro atoms. The molecule has 0 heterocycles. The van der Waals surface area contributed by atoms with Crippen LogP contribution < -0.4 is 14.8 Å². The number of hydrogen-bond donors (Lipinski definition) is 2. The predicted octanol–water partition coefficient (Wildman–Crippen LogP) is 1.93. The zero-order valence-corrected chi connectivity index (χ0v) is 8.20. The lowest BCUT2D eigenvalue weighted by Crippen LogP contribution is -2.09. The molecule has 5 nitrogen and oxygen atoms in total. The van der Waals surface area contributed by atoms with E-state index in [9.17, 15) is 9.18 Å². The molecule has 1 aromatic carbocycles. The lowest BCUT2D eigenvalue weighted by atomic mass is 10.2. The van der Waals surface area contributed by atoms with Crippen LogP contribution in [0.1, 0.15) is 0 Å². The molecule has 2 N–H and O–H groups in total. The van der Waals surface area contributed by atoms with Crippen molar-refractivity contribution in [3.8, 4) is 11.5 Å². The average Bonchev–Trinajstić information content (AvgIpc) is 2.20. The molecule has 0 aliphatic carbocycles. The van der Waals surface area contributed by atoms with E-state index in [0.717, 1.165) is 0 Å². The lowest BCUT2D eigenvalue weighted by Gasteiger charge is -2.09. The van der Waals surface area contributed by atoms with E-state index in [4.69, 9.17) is 14.6 Å². The van der Waals surface area contributed by atoms with Crippen LogP contribution in [-0.2, 0) is 0 Å². The maximum atomic E-state index is 13.4. The Kier molecular flexibility index (Phi) is 3.33. The largest absolute Gasteiger partial charge is 0.497 e. The zero-order chi connectivity index (χ0) is 11.4. The standard InChI is InChI=1S/C9H10FNO4/c1-14-5-3-6(11-9(12)13)8(10)7(4-5)15-2/h3-4,11H,1-2H3,(H,12,13). The summed E-state index contributed by atoms with van der Waals surface area (Å²) < 4.78 is 23.0. The van der Waals surface area contributed by atoms with Gasteiger partial charge in [0.2, 0.25) is 0 Å². The van der Waals surface area contributed by atoms with Gasteiger partial charge in [-0.05, 0) is 0 Å². The van der Waals surface area contributed by atoms with Gasteiger partial charge in [-0.25, -0.2) is 9.18 Å². The van der Waals surface area contributed by atoms with Crippen molar-refractivity contribution in [3.05, 3.63) is 17.9 Å². The smallest absolute Gasteiger partial charge is 0.409 e. The summed E-state index contributed by atoms with van der Waals surface area (Å²) in [6, 6.07) is 2.55. The van der Waals surface area contributed by atoms with Gasteiger partial charge in [0, 0.05) is 12.1 Å². The first-order chi connectivity index (χ1) is 7.08. The quantitative estimate of drug-likeness (QED) is 0.808. The predicted molar refractivity (Wildman–Crippen MR) is 51.2 cm³/mol. The number of carboxylic acid groups (broad SMARTS) is 1. The third-order valence-electron chi connectivity index (χ3n) is 1.71. The lowest BCUT2D eigenvalue weighted by molar-refractivity contribution is 0.209. The Balaban J connectivity index is 3.17. The van der Waals surface area contributed by atoms with Gasteiger partial charge < -0.3 is 14.6 Å². The van der Waals surface area contributed by atoms with Crippen molar-refractivity contribution < 1.29 is 23.8 Å². The Hall–Kier alpha value is -1.98. The number of amides is 1. The minimum atomic E-state index is -1.36. The molecule has 0 fully saturated rings. The van der Waals surface area contributed by atoms with Crippen molar-refractivity contribution in [2.45, 2.75) is 0 Å². The highest BCUT2D eigenvalue weighted by Crippen LogP contribution is 2.30. The molecule has 0 saturated carbocycles. The van der Waals surface area contributed by atoms with Gasteiger partial charge in [-0.15, -0.1) is 0 Å². The molecule has 82 valence electrons. The first-order valence-corrected chi connectivity index (χ1v) is 4.00. The van der Waals surface area contributed by atoms with Gasteiger partial charge in [0.25, 0.3) is 0 Å². The SMILES string of the molecule is COc1cc(NC(=O)O)c(F)c(OC)c1. The number of methoxy groups -OCH3 is 2. The minimum Gasteiger partial charge on any atom is -0.497 e. The van der Waals surface area contributed by atoms with Gasteiger partial charge in [0.05, 0.1) is 19.9 Å². The number of halogens is 1. The van der Waals surface area contributed by atoms with Crippen molar-refractivity contribution in [1.82, 2.24) is 0 Å². The Labute approximate surface area is 85.4 Å². The summed E-state index contributed by atoms with van der Waals surface area (Å²) in [5.41, 5.74) is -0.210. The van der Waals surface area contributed by atoms with E-state index in [1.165, 1.54) is 26.4 Å². The average molecular weight is 215 g/mol. The van der Waals surface area contributed by atoms with E-state index >= 15 is 0 Å². The van der Waals surface area contributed by atoms with Crippen LogP contribution >= 0.6 is 0 Å². The summed E-state index contributed by atoms with van der Waals surface area (Å²) >= 11 is 0. The molecule has 6 heteroatoms. The molecule has 0 atom stereocenters. The molecule has 0 unspecified atom stereocenters. The van der Waals surface area contributed by atoms with E-state index in [1.807, 2.05) is 5.32 Å². The van der Waals surface area contributed by atoms with Crippen LogP contribution in [0.4, 0.5) is 14.9 Å². The Bertz CT molecular complexity index is 381. The van der Waals surface area contributed by atoms with E-state index in [-0.39, 0.29) is 11.4 Å². The van der Waals surface area contributed by atoms with Gasteiger partial charge in [-0.3, -0.25) is 5.32 Å². The van der Waals surface area contributed by atoms with E-state index < -0.39 is 11.9 Å². The van der Waals surface area contributed by atoms with Crippen LogP contribution in [-0.4, -0.2) is 25.4 Å². The van der Waals surface area contributed by atoms with Gasteiger partial charge in [-0.1, -0.05) is 0 Å². The second-order valence-electron chi connectivity index (χ2n) is 2.62.